The van der Waals surface area contributed by atoms with Crippen LogP contribution in [0.5, 0.6) is 5.75 Å². The van der Waals surface area contributed by atoms with Gasteiger partial charge in [0.05, 0.1) is 12.6 Å². The molecule has 2 aliphatic heterocycles. The lowest BCUT2D eigenvalue weighted by molar-refractivity contribution is -0.130. The van der Waals surface area contributed by atoms with Gasteiger partial charge in [-0.2, -0.15) is 5.10 Å². The van der Waals surface area contributed by atoms with Crippen LogP contribution in [-0.4, -0.2) is 47.6 Å². The first-order valence-electron chi connectivity index (χ1n) is 8.48. The van der Waals surface area contributed by atoms with E-state index in [0.717, 1.165) is 30.7 Å². The molecule has 0 aliphatic carbocycles. The number of benzene rings is 1. The molecule has 0 N–H and O–H groups in total. The highest BCUT2D eigenvalue weighted by atomic mass is 16.5. The molecule has 1 aromatic carbocycles. The van der Waals surface area contributed by atoms with E-state index in [9.17, 15) is 9.59 Å². The molecule has 0 radical (unpaired) electrons. The topological polar surface area (TPSA) is 62.2 Å². The highest BCUT2D eigenvalue weighted by Crippen LogP contribution is 2.33. The molecule has 1 atom stereocenters. The molecule has 2 aliphatic rings. The maximum Gasteiger partial charge on any atom is 0.270 e. The van der Waals surface area contributed by atoms with Crippen LogP contribution in [0.15, 0.2) is 29.4 Å². The largest absolute Gasteiger partial charge is 0.494 e. The van der Waals surface area contributed by atoms with Crippen molar-refractivity contribution in [1.29, 1.82) is 0 Å². The number of likely N-dealkylation sites (tertiary alicyclic amines) is 1. The van der Waals surface area contributed by atoms with E-state index >= 15 is 0 Å². The Hall–Kier alpha value is -2.37. The molecule has 0 spiro atoms. The summed E-state index contributed by atoms with van der Waals surface area (Å²) in [6.07, 6.45) is 2.70. The average Bonchev–Trinajstić information content (AvgIpc) is 3.07. The summed E-state index contributed by atoms with van der Waals surface area (Å²) >= 11 is 0. The fourth-order valence-electron chi connectivity index (χ4n) is 3.30. The Balaban J connectivity index is 1.76. The van der Waals surface area contributed by atoms with Crippen LogP contribution in [0.2, 0.25) is 0 Å². The minimum absolute atomic E-state index is 0.0453. The third kappa shape index (κ3) is 3.27. The van der Waals surface area contributed by atoms with Crippen LogP contribution in [0, 0.1) is 0 Å². The predicted molar refractivity (Wildman–Crippen MR) is 90.7 cm³/mol. The van der Waals surface area contributed by atoms with Gasteiger partial charge in [-0.25, -0.2) is 5.01 Å². The minimum atomic E-state index is -0.0502. The van der Waals surface area contributed by atoms with E-state index < -0.39 is 0 Å². The smallest absolute Gasteiger partial charge is 0.270 e. The van der Waals surface area contributed by atoms with Gasteiger partial charge in [-0.05, 0) is 37.5 Å². The van der Waals surface area contributed by atoms with E-state index in [4.69, 9.17) is 4.74 Å². The molecule has 128 valence electrons. The molecule has 1 aromatic rings. The number of ether oxygens (including phenoxy) is 1. The van der Waals surface area contributed by atoms with Gasteiger partial charge in [0.25, 0.3) is 5.91 Å². The Kier molecular flexibility index (Phi) is 4.83. The number of hydrazone groups is 1. The van der Waals surface area contributed by atoms with Crippen LogP contribution >= 0.6 is 0 Å². The summed E-state index contributed by atoms with van der Waals surface area (Å²) in [5.74, 6) is 0.746. The number of nitrogens with zero attached hydrogens (tertiary/aromatic N) is 3. The predicted octanol–water partition coefficient (Wildman–Crippen LogP) is 2.36. The maximum atomic E-state index is 12.8. The number of carbonyl (C=O) groups is 2. The molecule has 3 rings (SSSR count). The van der Waals surface area contributed by atoms with Crippen molar-refractivity contribution >= 4 is 17.5 Å². The van der Waals surface area contributed by atoms with E-state index in [0.29, 0.717) is 25.2 Å². The third-order valence-corrected chi connectivity index (χ3v) is 4.54. The van der Waals surface area contributed by atoms with Crippen LogP contribution < -0.4 is 4.74 Å². The molecule has 6 nitrogen and oxygen atoms in total. The Bertz CT molecular complexity index is 654. The van der Waals surface area contributed by atoms with Gasteiger partial charge < -0.3 is 9.64 Å². The van der Waals surface area contributed by atoms with Crippen molar-refractivity contribution in [3.8, 4) is 5.75 Å². The zero-order chi connectivity index (χ0) is 17.1. The zero-order valence-electron chi connectivity index (χ0n) is 14.2. The van der Waals surface area contributed by atoms with Gasteiger partial charge in [0.2, 0.25) is 5.91 Å². The maximum absolute atomic E-state index is 12.8. The van der Waals surface area contributed by atoms with E-state index in [1.54, 1.807) is 7.05 Å². The molecule has 2 heterocycles. The van der Waals surface area contributed by atoms with Crippen molar-refractivity contribution < 1.29 is 14.3 Å². The summed E-state index contributed by atoms with van der Waals surface area (Å²) in [5.41, 5.74) is 1.60. The second-order valence-electron chi connectivity index (χ2n) is 6.12. The molecular weight excluding hydrogens is 306 g/mol. The third-order valence-electron chi connectivity index (χ3n) is 4.54. The Labute approximate surface area is 142 Å². The van der Waals surface area contributed by atoms with E-state index in [1.807, 2.05) is 36.1 Å². The van der Waals surface area contributed by atoms with E-state index in [2.05, 4.69) is 5.10 Å². The molecule has 24 heavy (non-hydrogen) atoms. The summed E-state index contributed by atoms with van der Waals surface area (Å²) in [7, 11) is 1.60. The molecule has 6 heteroatoms. The molecule has 1 fully saturated rings. The first-order chi connectivity index (χ1) is 11.6. The van der Waals surface area contributed by atoms with Gasteiger partial charge in [0.1, 0.15) is 11.5 Å². The number of hydrogen-bond donors (Lipinski definition) is 0. The van der Waals surface area contributed by atoms with Crippen molar-refractivity contribution in [1.82, 2.24) is 9.91 Å². The number of hydrogen-bond acceptors (Lipinski definition) is 4. The summed E-state index contributed by atoms with van der Waals surface area (Å²) in [6.45, 7) is 3.32. The molecule has 0 saturated carbocycles. The highest BCUT2D eigenvalue weighted by Gasteiger charge is 2.34. The molecule has 0 bridgehead atoms. The van der Waals surface area contributed by atoms with Gasteiger partial charge in [0, 0.05) is 26.4 Å². The quantitative estimate of drug-likeness (QED) is 0.852. The molecule has 0 aromatic heterocycles. The summed E-state index contributed by atoms with van der Waals surface area (Å²) < 4.78 is 5.48. The molecule has 0 unspecified atom stereocenters. The van der Waals surface area contributed by atoms with Crippen molar-refractivity contribution in [2.75, 3.05) is 20.2 Å². The Morgan fingerprint density at radius 1 is 1.29 bits per heavy atom. The monoisotopic (exact) mass is 329 g/mol. The summed E-state index contributed by atoms with van der Waals surface area (Å²) in [4.78, 5) is 26.3. The Morgan fingerprint density at radius 2 is 2.04 bits per heavy atom. The summed E-state index contributed by atoms with van der Waals surface area (Å²) in [5, 5.41) is 5.44. The van der Waals surface area contributed by atoms with Crippen LogP contribution in [0.1, 0.15) is 44.2 Å². The van der Waals surface area contributed by atoms with Crippen LogP contribution in [0.25, 0.3) is 0 Å². The van der Waals surface area contributed by atoms with Crippen LogP contribution in [-0.2, 0) is 9.59 Å². The van der Waals surface area contributed by atoms with Crippen LogP contribution in [0.4, 0.5) is 0 Å². The Morgan fingerprint density at radius 3 is 2.71 bits per heavy atom. The van der Waals surface area contributed by atoms with Gasteiger partial charge in [-0.1, -0.05) is 12.1 Å². The van der Waals surface area contributed by atoms with Crippen molar-refractivity contribution in [3.63, 3.8) is 0 Å². The molecular formula is C18H23N3O3. The standard InChI is InChI=1S/C18H23N3O3/c1-3-24-14-8-6-13(7-9-14)16-5-4-12-21(16)18(23)15-10-11-17(22)20(2)19-15/h6-9,16H,3-5,10-12H2,1-2H3/t16-/m0/s1. The minimum Gasteiger partial charge on any atom is -0.494 e. The van der Waals surface area contributed by atoms with E-state index in [1.165, 1.54) is 5.01 Å². The van der Waals surface area contributed by atoms with Gasteiger partial charge >= 0.3 is 0 Å². The second kappa shape index (κ2) is 7.03. The van der Waals surface area contributed by atoms with Crippen molar-refractivity contribution in [2.45, 2.75) is 38.6 Å². The van der Waals surface area contributed by atoms with Crippen molar-refractivity contribution in [2.24, 2.45) is 5.10 Å². The van der Waals surface area contributed by atoms with Crippen molar-refractivity contribution in [3.05, 3.63) is 29.8 Å². The number of rotatable bonds is 4. The average molecular weight is 329 g/mol. The number of carbonyl (C=O) groups excluding carboxylic acids is 2. The fraction of sp³-hybridized carbons (Fsp3) is 0.500. The van der Waals surface area contributed by atoms with Gasteiger partial charge in [0.15, 0.2) is 0 Å². The van der Waals surface area contributed by atoms with Crippen LogP contribution in [0.3, 0.4) is 0 Å². The second-order valence-corrected chi connectivity index (χ2v) is 6.12. The summed E-state index contributed by atoms with van der Waals surface area (Å²) in [6, 6.07) is 8.02. The number of amides is 2. The van der Waals surface area contributed by atoms with Gasteiger partial charge in [-0.3, -0.25) is 9.59 Å². The SMILES string of the molecule is CCOc1ccc([C@@H]2CCCN2C(=O)C2=NN(C)C(=O)CC2)cc1. The lowest BCUT2D eigenvalue weighted by atomic mass is 10.0. The zero-order valence-corrected chi connectivity index (χ0v) is 14.2. The first kappa shape index (κ1) is 16.5. The fourth-order valence-corrected chi connectivity index (χ4v) is 3.30. The first-order valence-corrected chi connectivity index (χ1v) is 8.48. The van der Waals surface area contributed by atoms with E-state index in [-0.39, 0.29) is 17.9 Å². The highest BCUT2D eigenvalue weighted by molar-refractivity contribution is 6.39. The molecule has 1 saturated heterocycles. The van der Waals surface area contributed by atoms with Gasteiger partial charge in [-0.15, -0.1) is 0 Å². The molecule has 2 amide bonds. The normalized spacial score (nSPS) is 21.0. The lowest BCUT2D eigenvalue weighted by Gasteiger charge is -2.27. The lowest BCUT2D eigenvalue weighted by Crippen LogP contribution is -2.40.